The molecule has 2 aromatic rings. The molecule has 1 saturated heterocycles. The van der Waals surface area contributed by atoms with Crippen LogP contribution in [0.15, 0.2) is 30.3 Å². The average molecular weight is 357 g/mol. The zero-order chi connectivity index (χ0) is 18.2. The van der Waals surface area contributed by atoms with E-state index >= 15 is 0 Å². The normalized spacial score (nSPS) is 15.3. The highest BCUT2D eigenvalue weighted by Crippen LogP contribution is 2.10. The van der Waals surface area contributed by atoms with Crippen LogP contribution in [0.4, 0.5) is 5.95 Å². The molecule has 1 fully saturated rings. The second-order valence-corrected chi connectivity index (χ2v) is 6.45. The van der Waals surface area contributed by atoms with E-state index in [9.17, 15) is 0 Å². The van der Waals surface area contributed by atoms with Crippen LogP contribution in [0, 0.1) is 0 Å². The molecule has 7 nitrogen and oxygen atoms in total. The van der Waals surface area contributed by atoms with E-state index in [0.717, 1.165) is 50.8 Å². The zero-order valence-electron chi connectivity index (χ0n) is 15.3. The fourth-order valence-corrected chi connectivity index (χ4v) is 3.08. The van der Waals surface area contributed by atoms with Crippen molar-refractivity contribution < 1.29 is 9.47 Å². The molecule has 26 heavy (non-hydrogen) atoms. The Bertz CT molecular complexity index is 704. The van der Waals surface area contributed by atoms with E-state index in [1.807, 2.05) is 6.07 Å². The first kappa shape index (κ1) is 18.7. The van der Waals surface area contributed by atoms with Gasteiger partial charge in [0.25, 0.3) is 0 Å². The van der Waals surface area contributed by atoms with Crippen molar-refractivity contribution >= 4 is 5.95 Å². The minimum atomic E-state index is 0.281. The third-order valence-corrected chi connectivity index (χ3v) is 4.28. The smallest absolute Gasteiger partial charge is 0.220 e. The Kier molecular flexibility index (Phi) is 6.90. The average Bonchev–Trinajstić information content (AvgIpc) is 2.63. The summed E-state index contributed by atoms with van der Waals surface area (Å²) in [7, 11) is 1.64. The van der Waals surface area contributed by atoms with Gasteiger partial charge in [0, 0.05) is 39.8 Å². The maximum Gasteiger partial charge on any atom is 0.220 e. The molecule has 2 heterocycles. The Labute approximate surface area is 154 Å². The van der Waals surface area contributed by atoms with Crippen molar-refractivity contribution in [2.24, 2.45) is 0 Å². The molecule has 0 bridgehead atoms. The monoisotopic (exact) mass is 357 g/mol. The van der Waals surface area contributed by atoms with E-state index in [1.165, 1.54) is 11.1 Å². The molecule has 0 spiro atoms. The molecule has 140 valence electrons. The topological polar surface area (TPSA) is 85.5 Å². The van der Waals surface area contributed by atoms with Crippen LogP contribution in [0.1, 0.15) is 22.5 Å². The summed E-state index contributed by atoms with van der Waals surface area (Å²) in [6.45, 7) is 6.48. The molecule has 0 amide bonds. The first-order valence-corrected chi connectivity index (χ1v) is 8.93. The summed E-state index contributed by atoms with van der Waals surface area (Å²) in [5, 5.41) is 3.43. The van der Waals surface area contributed by atoms with Gasteiger partial charge in [-0.15, -0.1) is 0 Å². The lowest BCUT2D eigenvalue weighted by atomic mass is 10.1. The van der Waals surface area contributed by atoms with Crippen molar-refractivity contribution in [1.82, 2.24) is 20.2 Å². The SMILES string of the molecule is COCc1cc(CNCc2cccc(CN3CCOCC3)c2)nc(N)n1. The predicted molar refractivity (Wildman–Crippen MR) is 100 cm³/mol. The highest BCUT2D eigenvalue weighted by Gasteiger charge is 2.10. The highest BCUT2D eigenvalue weighted by molar-refractivity contribution is 5.24. The van der Waals surface area contributed by atoms with Crippen molar-refractivity contribution in [3.63, 3.8) is 0 Å². The Balaban J connectivity index is 1.52. The van der Waals surface area contributed by atoms with Crippen LogP contribution in [0.2, 0.25) is 0 Å². The second kappa shape index (κ2) is 9.59. The van der Waals surface area contributed by atoms with Gasteiger partial charge in [-0.1, -0.05) is 24.3 Å². The number of benzene rings is 1. The van der Waals surface area contributed by atoms with Gasteiger partial charge in [0.1, 0.15) is 0 Å². The summed E-state index contributed by atoms with van der Waals surface area (Å²) >= 11 is 0. The minimum absolute atomic E-state index is 0.281. The summed E-state index contributed by atoms with van der Waals surface area (Å²) in [5.41, 5.74) is 10.0. The van der Waals surface area contributed by atoms with Crippen LogP contribution in [-0.2, 0) is 35.7 Å². The van der Waals surface area contributed by atoms with Crippen LogP contribution < -0.4 is 11.1 Å². The quantitative estimate of drug-likeness (QED) is 0.737. The van der Waals surface area contributed by atoms with Crippen LogP contribution in [0.3, 0.4) is 0 Å². The third-order valence-electron chi connectivity index (χ3n) is 4.28. The van der Waals surface area contributed by atoms with E-state index in [4.69, 9.17) is 15.2 Å². The van der Waals surface area contributed by atoms with Crippen molar-refractivity contribution in [3.05, 3.63) is 52.8 Å². The number of nitrogens with one attached hydrogen (secondary N) is 1. The van der Waals surface area contributed by atoms with Gasteiger partial charge in [0.2, 0.25) is 5.95 Å². The first-order chi connectivity index (χ1) is 12.7. The fraction of sp³-hybridized carbons (Fsp3) is 0.474. The van der Waals surface area contributed by atoms with Crippen molar-refractivity contribution in [2.45, 2.75) is 26.2 Å². The number of ether oxygens (including phenoxy) is 2. The molecule has 0 saturated carbocycles. The van der Waals surface area contributed by atoms with Gasteiger partial charge < -0.3 is 20.5 Å². The number of nitrogens with zero attached hydrogens (tertiary/aromatic N) is 3. The third kappa shape index (κ3) is 5.74. The molecule has 1 aromatic carbocycles. The van der Waals surface area contributed by atoms with Crippen LogP contribution in [0.25, 0.3) is 0 Å². The van der Waals surface area contributed by atoms with Crippen molar-refractivity contribution in [3.8, 4) is 0 Å². The number of anilines is 1. The number of rotatable bonds is 8. The molecule has 1 aliphatic heterocycles. The number of hydrogen-bond acceptors (Lipinski definition) is 7. The zero-order valence-corrected chi connectivity index (χ0v) is 15.3. The van der Waals surface area contributed by atoms with Gasteiger partial charge in [0.05, 0.1) is 31.2 Å². The number of hydrogen-bond donors (Lipinski definition) is 2. The van der Waals surface area contributed by atoms with E-state index in [0.29, 0.717) is 13.2 Å². The lowest BCUT2D eigenvalue weighted by Gasteiger charge is -2.26. The van der Waals surface area contributed by atoms with Gasteiger partial charge in [0.15, 0.2) is 0 Å². The van der Waals surface area contributed by atoms with E-state index in [-0.39, 0.29) is 5.95 Å². The molecule has 1 aliphatic rings. The van der Waals surface area contributed by atoms with Gasteiger partial charge in [-0.2, -0.15) is 0 Å². The molecule has 7 heteroatoms. The Morgan fingerprint density at radius 3 is 2.69 bits per heavy atom. The molecular weight excluding hydrogens is 330 g/mol. The number of nitrogen functional groups attached to an aromatic ring is 1. The number of morpholine rings is 1. The Morgan fingerprint density at radius 1 is 1.12 bits per heavy atom. The maximum atomic E-state index is 5.76. The second-order valence-electron chi connectivity index (χ2n) is 6.45. The first-order valence-electron chi connectivity index (χ1n) is 8.93. The van der Waals surface area contributed by atoms with Gasteiger partial charge in [-0.25, -0.2) is 9.97 Å². The predicted octanol–water partition coefficient (Wildman–Crippen LogP) is 1.33. The highest BCUT2D eigenvalue weighted by atomic mass is 16.5. The molecule has 0 radical (unpaired) electrons. The van der Waals surface area contributed by atoms with E-state index < -0.39 is 0 Å². The molecule has 1 aromatic heterocycles. The van der Waals surface area contributed by atoms with Crippen LogP contribution in [-0.4, -0.2) is 48.3 Å². The summed E-state index contributed by atoms with van der Waals surface area (Å²) in [6, 6.07) is 10.6. The van der Waals surface area contributed by atoms with E-state index in [2.05, 4.69) is 44.5 Å². The molecule has 3 rings (SSSR count). The number of nitrogens with two attached hydrogens (primary N) is 1. The van der Waals surface area contributed by atoms with Gasteiger partial charge >= 0.3 is 0 Å². The summed E-state index contributed by atoms with van der Waals surface area (Å²) in [6.07, 6.45) is 0. The summed E-state index contributed by atoms with van der Waals surface area (Å²) in [5.74, 6) is 0.281. The number of methoxy groups -OCH3 is 1. The van der Waals surface area contributed by atoms with Crippen LogP contribution >= 0.6 is 0 Å². The standard InChI is InChI=1S/C19H27N5O2/c1-25-14-18-10-17(22-19(20)23-18)12-21-11-15-3-2-4-16(9-15)13-24-5-7-26-8-6-24/h2-4,9-10,21H,5-8,11-14H2,1H3,(H2,20,22,23). The molecular formula is C19H27N5O2. The molecule has 0 atom stereocenters. The summed E-state index contributed by atoms with van der Waals surface area (Å²) in [4.78, 5) is 10.9. The lowest BCUT2D eigenvalue weighted by molar-refractivity contribution is 0.0342. The summed E-state index contributed by atoms with van der Waals surface area (Å²) < 4.78 is 10.5. The molecule has 0 unspecified atom stereocenters. The van der Waals surface area contributed by atoms with Crippen molar-refractivity contribution in [2.75, 3.05) is 39.1 Å². The minimum Gasteiger partial charge on any atom is -0.379 e. The van der Waals surface area contributed by atoms with Gasteiger partial charge in [-0.3, -0.25) is 4.90 Å². The van der Waals surface area contributed by atoms with Crippen LogP contribution in [0.5, 0.6) is 0 Å². The largest absolute Gasteiger partial charge is 0.379 e. The van der Waals surface area contributed by atoms with Gasteiger partial charge in [-0.05, 0) is 17.2 Å². The number of aromatic nitrogens is 2. The molecule has 3 N–H and O–H groups in total. The van der Waals surface area contributed by atoms with E-state index in [1.54, 1.807) is 7.11 Å². The Morgan fingerprint density at radius 2 is 1.88 bits per heavy atom. The maximum absolute atomic E-state index is 5.76. The lowest BCUT2D eigenvalue weighted by Crippen LogP contribution is -2.35. The molecule has 0 aliphatic carbocycles. The Hall–Kier alpha value is -2.06. The van der Waals surface area contributed by atoms with Crippen molar-refractivity contribution in [1.29, 1.82) is 0 Å². The fourth-order valence-electron chi connectivity index (χ4n) is 3.08.